The van der Waals surface area contributed by atoms with Crippen LogP contribution in [0.4, 0.5) is 0 Å². The number of aliphatic carboxylic acids is 2. The molecule has 5 rings (SSSR count). The summed E-state index contributed by atoms with van der Waals surface area (Å²) in [4.78, 5) is 62.6. The Morgan fingerprint density at radius 1 is 1.07 bits per heavy atom. The third kappa shape index (κ3) is 5.07. The Hall–Kier alpha value is -4.25. The van der Waals surface area contributed by atoms with Gasteiger partial charge in [-0.1, -0.05) is 6.07 Å². The molecule has 244 valence electrons. The number of carbonyl (C=O) groups is 5. The number of aliphatic hydroxyl groups is 3. The number of nitrogens with zero attached hydrogens (tertiary/aromatic N) is 1. The number of likely N-dealkylation sites (N-methyl/N-ethyl adjacent to an activating group) is 1. The zero-order chi connectivity index (χ0) is 33.0. The molecule has 45 heavy (non-hydrogen) atoms. The number of likely N-dealkylation sites (tertiary alicyclic amines) is 1. The summed E-state index contributed by atoms with van der Waals surface area (Å²) >= 11 is 0. The third-order valence-electron chi connectivity index (χ3n) is 9.10. The Labute approximate surface area is 255 Å². The maximum Gasteiger partial charge on any atom is 0.348 e. The lowest BCUT2D eigenvalue weighted by Crippen LogP contribution is -2.74. The molecule has 2 aliphatic heterocycles. The predicted molar refractivity (Wildman–Crippen MR) is 145 cm³/mol. The van der Waals surface area contributed by atoms with E-state index in [1.54, 1.807) is 6.07 Å². The number of methoxy groups -OCH3 is 1. The highest BCUT2D eigenvalue weighted by Gasteiger charge is 2.72. The first-order valence-electron chi connectivity index (χ1n) is 14.1. The number of hydrogen-bond donors (Lipinski definition) is 5. The first kappa shape index (κ1) is 32.2. The molecule has 2 aliphatic carbocycles. The van der Waals surface area contributed by atoms with Crippen molar-refractivity contribution in [1.29, 1.82) is 0 Å². The summed E-state index contributed by atoms with van der Waals surface area (Å²) in [6, 6.07) is 3.40. The van der Waals surface area contributed by atoms with Crippen LogP contribution in [0.15, 0.2) is 24.0 Å². The number of ether oxygens (including phenoxy) is 5. The van der Waals surface area contributed by atoms with E-state index in [-0.39, 0.29) is 18.2 Å². The summed E-state index contributed by atoms with van der Waals surface area (Å²) in [6.45, 7) is 1.59. The normalized spacial score (nSPS) is 28.6. The molecule has 4 aliphatic rings. The fourth-order valence-electron chi connectivity index (χ4n) is 6.86. The van der Waals surface area contributed by atoms with Gasteiger partial charge >= 0.3 is 29.8 Å². The lowest BCUT2D eigenvalue weighted by molar-refractivity contribution is -0.186. The number of aliphatic hydroxyl groups excluding tert-OH is 2. The fraction of sp³-hybridized carbons (Fsp3) is 0.552. The number of esters is 3. The SMILES string of the molecule is COc1ccc2c3c1O[C@H]1C(OC(=O)C[C@H](OC(=O)[C@H](O)[C@@H](O)C(=O)O)C(=O)O[C@@H](C)C(=O)O)=CC[C@@]4(O)[C@@H](C2)N(C)CC[C@]314. The minimum absolute atomic E-state index is 0.0118. The number of carbonyl (C=O) groups excluding carboxylic acids is 3. The van der Waals surface area contributed by atoms with Crippen LogP contribution in [0.5, 0.6) is 11.5 Å². The molecule has 1 fully saturated rings. The molecule has 2 bridgehead atoms. The number of piperidine rings is 1. The molecule has 16 heteroatoms. The van der Waals surface area contributed by atoms with Crippen LogP contribution in [0.25, 0.3) is 0 Å². The maximum atomic E-state index is 13.3. The van der Waals surface area contributed by atoms with Crippen LogP contribution in [0.2, 0.25) is 0 Å². The van der Waals surface area contributed by atoms with E-state index in [0.717, 1.165) is 18.1 Å². The van der Waals surface area contributed by atoms with Crippen LogP contribution < -0.4 is 9.47 Å². The van der Waals surface area contributed by atoms with E-state index < -0.39 is 77.8 Å². The number of benzene rings is 1. The first-order valence-corrected chi connectivity index (χ1v) is 14.1. The summed E-state index contributed by atoms with van der Waals surface area (Å²) in [5, 5.41) is 49.6. The van der Waals surface area contributed by atoms with Crippen molar-refractivity contribution in [2.75, 3.05) is 20.7 Å². The summed E-state index contributed by atoms with van der Waals surface area (Å²) in [5.41, 5.74) is -0.609. The van der Waals surface area contributed by atoms with E-state index in [9.17, 15) is 39.3 Å². The van der Waals surface area contributed by atoms with Gasteiger partial charge in [0, 0.05) is 18.0 Å². The van der Waals surface area contributed by atoms with Crippen molar-refractivity contribution in [3.63, 3.8) is 0 Å². The first-order chi connectivity index (χ1) is 21.2. The van der Waals surface area contributed by atoms with Gasteiger partial charge in [-0.05, 0) is 51.1 Å². The van der Waals surface area contributed by atoms with Crippen LogP contribution in [-0.4, -0.2) is 123 Å². The van der Waals surface area contributed by atoms with Crippen LogP contribution in [-0.2, 0) is 50.0 Å². The molecule has 0 radical (unpaired) electrons. The highest BCUT2D eigenvalue weighted by atomic mass is 16.6. The van der Waals surface area contributed by atoms with Crippen molar-refractivity contribution < 1.29 is 73.2 Å². The van der Waals surface area contributed by atoms with E-state index in [4.69, 9.17) is 33.9 Å². The third-order valence-corrected chi connectivity index (χ3v) is 9.10. The molecule has 5 N–H and O–H groups in total. The van der Waals surface area contributed by atoms with Gasteiger partial charge in [0.2, 0.25) is 6.10 Å². The van der Waals surface area contributed by atoms with Crippen molar-refractivity contribution in [2.24, 2.45) is 0 Å². The van der Waals surface area contributed by atoms with Crippen LogP contribution in [0.1, 0.15) is 37.3 Å². The largest absolute Gasteiger partial charge is 0.493 e. The van der Waals surface area contributed by atoms with Crippen molar-refractivity contribution >= 4 is 29.8 Å². The number of rotatable bonds is 11. The second kappa shape index (κ2) is 11.6. The minimum atomic E-state index is -2.65. The van der Waals surface area contributed by atoms with E-state index in [2.05, 4.69) is 4.90 Å². The quantitative estimate of drug-likeness (QED) is 0.139. The summed E-state index contributed by atoms with van der Waals surface area (Å²) < 4.78 is 27.1. The van der Waals surface area contributed by atoms with Crippen molar-refractivity contribution in [3.8, 4) is 11.5 Å². The molecule has 16 nitrogen and oxygen atoms in total. The van der Waals surface area contributed by atoms with Crippen LogP contribution in [0, 0.1) is 0 Å². The van der Waals surface area contributed by atoms with Gasteiger partial charge < -0.3 is 54.1 Å². The van der Waals surface area contributed by atoms with E-state index in [1.165, 1.54) is 13.2 Å². The highest BCUT2D eigenvalue weighted by Crippen LogP contribution is 2.65. The molecule has 1 aromatic carbocycles. The topological polar surface area (TPSA) is 236 Å². The average Bonchev–Trinajstić information content (AvgIpc) is 3.35. The fourth-order valence-corrected chi connectivity index (χ4v) is 6.86. The zero-order valence-corrected chi connectivity index (χ0v) is 24.5. The molecule has 1 saturated heterocycles. The Bertz CT molecular complexity index is 1470. The smallest absolute Gasteiger partial charge is 0.348 e. The van der Waals surface area contributed by atoms with Gasteiger partial charge in [0.05, 0.1) is 24.5 Å². The molecule has 2 heterocycles. The number of hydrogen-bond acceptors (Lipinski definition) is 14. The zero-order valence-electron chi connectivity index (χ0n) is 24.5. The summed E-state index contributed by atoms with van der Waals surface area (Å²) in [7, 11) is 3.40. The van der Waals surface area contributed by atoms with E-state index in [1.807, 2.05) is 13.1 Å². The molecule has 1 spiro atoms. The van der Waals surface area contributed by atoms with Crippen molar-refractivity contribution in [1.82, 2.24) is 4.90 Å². The molecule has 0 saturated carbocycles. The van der Waals surface area contributed by atoms with Gasteiger partial charge in [0.1, 0.15) is 5.76 Å². The molecule has 0 unspecified atom stereocenters. The number of carboxylic acid groups (broad SMARTS) is 2. The molecular formula is C29H33NO15. The molecule has 0 aromatic heterocycles. The summed E-state index contributed by atoms with van der Waals surface area (Å²) in [6.07, 6.45) is -8.68. The van der Waals surface area contributed by atoms with Gasteiger partial charge in [-0.3, -0.25) is 4.79 Å². The molecular weight excluding hydrogens is 602 g/mol. The van der Waals surface area contributed by atoms with Gasteiger partial charge in [-0.2, -0.15) is 0 Å². The van der Waals surface area contributed by atoms with E-state index in [0.29, 0.717) is 30.9 Å². The van der Waals surface area contributed by atoms with Gasteiger partial charge in [0.25, 0.3) is 0 Å². The highest BCUT2D eigenvalue weighted by molar-refractivity contribution is 5.89. The predicted octanol–water partition coefficient (Wildman–Crippen LogP) is -1.36. The maximum absolute atomic E-state index is 13.3. The minimum Gasteiger partial charge on any atom is -0.493 e. The molecule has 8 atom stereocenters. The standard InChI is InChI=1S/C29H33NO15/c1-12(24(34)35)42-26(38)16(44-27(39)21(33)20(32)25(36)37)11-18(31)43-15-6-7-29(40)17-10-13-4-5-14(41-3)22-19(13)28(29,23(15)45-22)8-9-30(17)2/h4-6,12,16-17,20-21,23,32-33,40H,7-11H2,1-3H3,(H,34,35)(H,36,37)/t12-,16-,17+,20+,21+,23-,28-,29+/m0/s1. The van der Waals surface area contributed by atoms with Gasteiger partial charge in [-0.25, -0.2) is 19.2 Å². The Kier molecular flexibility index (Phi) is 8.28. The lowest BCUT2D eigenvalue weighted by atomic mass is 9.50. The van der Waals surface area contributed by atoms with Crippen molar-refractivity contribution in [3.05, 3.63) is 35.1 Å². The van der Waals surface area contributed by atoms with Gasteiger partial charge in [-0.15, -0.1) is 0 Å². The Balaban J connectivity index is 1.42. The average molecular weight is 636 g/mol. The number of carboxylic acids is 2. The van der Waals surface area contributed by atoms with Crippen LogP contribution in [0.3, 0.4) is 0 Å². The van der Waals surface area contributed by atoms with Crippen molar-refractivity contribution in [2.45, 2.75) is 80.2 Å². The second-order valence-corrected chi connectivity index (χ2v) is 11.5. The molecule has 0 amide bonds. The summed E-state index contributed by atoms with van der Waals surface area (Å²) in [5.74, 6) is -7.16. The Morgan fingerprint density at radius 3 is 2.42 bits per heavy atom. The Morgan fingerprint density at radius 2 is 1.78 bits per heavy atom. The van der Waals surface area contributed by atoms with E-state index >= 15 is 0 Å². The van der Waals surface area contributed by atoms with Crippen LogP contribution >= 0.6 is 0 Å². The van der Waals surface area contributed by atoms with Gasteiger partial charge in [0.15, 0.2) is 35.9 Å². The lowest BCUT2D eigenvalue weighted by Gasteiger charge is -2.61. The molecule has 1 aromatic rings. The monoisotopic (exact) mass is 635 g/mol. The second-order valence-electron chi connectivity index (χ2n) is 11.5.